The molecule has 0 aromatic heterocycles. The van der Waals surface area contributed by atoms with E-state index < -0.39 is 0 Å². The SMILES string of the molecule is COc1cc(Br)ccc1C(C)=O.COc1ccc(C(C)=O)c(Br)c1. The zero-order chi connectivity index (χ0) is 18.3. The first-order valence-corrected chi connectivity index (χ1v) is 8.57. The Labute approximate surface area is 158 Å². The van der Waals surface area contributed by atoms with E-state index in [1.54, 1.807) is 44.6 Å². The summed E-state index contributed by atoms with van der Waals surface area (Å²) in [4.78, 5) is 22.0. The molecule has 0 N–H and O–H groups in total. The molecule has 0 aliphatic heterocycles. The van der Waals surface area contributed by atoms with E-state index >= 15 is 0 Å². The maximum atomic E-state index is 11.0. The normalized spacial score (nSPS) is 9.58. The van der Waals surface area contributed by atoms with Gasteiger partial charge in [0.1, 0.15) is 11.5 Å². The molecule has 4 nitrogen and oxygen atoms in total. The van der Waals surface area contributed by atoms with E-state index in [-0.39, 0.29) is 11.6 Å². The van der Waals surface area contributed by atoms with E-state index in [4.69, 9.17) is 9.47 Å². The minimum Gasteiger partial charge on any atom is -0.497 e. The van der Waals surface area contributed by atoms with Crippen LogP contribution in [0.2, 0.25) is 0 Å². The number of rotatable bonds is 4. The molecule has 0 aliphatic carbocycles. The maximum absolute atomic E-state index is 11.0. The molecule has 128 valence electrons. The topological polar surface area (TPSA) is 52.6 Å². The van der Waals surface area contributed by atoms with Gasteiger partial charge >= 0.3 is 0 Å². The lowest BCUT2D eigenvalue weighted by Gasteiger charge is -2.04. The van der Waals surface area contributed by atoms with E-state index in [0.29, 0.717) is 16.9 Å². The Morgan fingerprint density at radius 3 is 1.88 bits per heavy atom. The lowest BCUT2D eigenvalue weighted by Crippen LogP contribution is -1.96. The molecule has 0 saturated carbocycles. The Hall–Kier alpha value is -1.66. The van der Waals surface area contributed by atoms with Gasteiger partial charge in [0.05, 0.1) is 19.8 Å². The second-order valence-electron chi connectivity index (χ2n) is 4.80. The second kappa shape index (κ2) is 9.59. The Kier molecular flexibility index (Phi) is 8.15. The zero-order valence-electron chi connectivity index (χ0n) is 13.9. The average Bonchev–Trinajstić information content (AvgIpc) is 2.54. The predicted molar refractivity (Wildman–Crippen MR) is 101 cm³/mol. The van der Waals surface area contributed by atoms with Crippen LogP contribution in [0.4, 0.5) is 0 Å². The van der Waals surface area contributed by atoms with Crippen molar-refractivity contribution in [2.45, 2.75) is 13.8 Å². The van der Waals surface area contributed by atoms with Crippen LogP contribution in [0, 0.1) is 0 Å². The molecule has 0 unspecified atom stereocenters. The van der Waals surface area contributed by atoms with Gasteiger partial charge in [0.2, 0.25) is 0 Å². The molecule has 0 aliphatic rings. The summed E-state index contributed by atoms with van der Waals surface area (Å²) < 4.78 is 11.7. The fourth-order valence-electron chi connectivity index (χ4n) is 1.86. The van der Waals surface area contributed by atoms with E-state index in [2.05, 4.69) is 31.9 Å². The van der Waals surface area contributed by atoms with Crippen LogP contribution in [0.15, 0.2) is 45.3 Å². The third-order valence-electron chi connectivity index (χ3n) is 3.10. The van der Waals surface area contributed by atoms with Gasteiger partial charge in [0.25, 0.3) is 0 Å². The van der Waals surface area contributed by atoms with Crippen molar-refractivity contribution in [3.8, 4) is 11.5 Å². The molecule has 6 heteroatoms. The molecule has 2 aromatic rings. The molecular formula is C18H18Br2O4. The van der Waals surface area contributed by atoms with Gasteiger partial charge in [-0.1, -0.05) is 15.9 Å². The van der Waals surface area contributed by atoms with Crippen LogP contribution in [-0.2, 0) is 0 Å². The number of ketones is 2. The summed E-state index contributed by atoms with van der Waals surface area (Å²) in [5.41, 5.74) is 1.29. The molecule has 0 saturated heterocycles. The highest BCUT2D eigenvalue weighted by Crippen LogP contribution is 2.24. The largest absolute Gasteiger partial charge is 0.497 e. The van der Waals surface area contributed by atoms with Gasteiger partial charge in [0.15, 0.2) is 11.6 Å². The highest BCUT2D eigenvalue weighted by atomic mass is 79.9. The first-order chi connectivity index (χ1) is 11.3. The molecule has 0 radical (unpaired) electrons. The van der Waals surface area contributed by atoms with Crippen molar-refractivity contribution in [3.05, 3.63) is 56.5 Å². The number of halogens is 2. The van der Waals surface area contributed by atoms with Crippen molar-refractivity contribution in [3.63, 3.8) is 0 Å². The minimum absolute atomic E-state index is 0.0133. The van der Waals surface area contributed by atoms with Crippen molar-refractivity contribution in [2.24, 2.45) is 0 Å². The molecule has 0 spiro atoms. The summed E-state index contributed by atoms with van der Waals surface area (Å²) in [7, 11) is 3.14. The van der Waals surface area contributed by atoms with Crippen molar-refractivity contribution in [1.82, 2.24) is 0 Å². The van der Waals surface area contributed by atoms with Crippen LogP contribution in [0.3, 0.4) is 0 Å². The Morgan fingerprint density at radius 2 is 1.42 bits per heavy atom. The highest BCUT2D eigenvalue weighted by Gasteiger charge is 2.07. The van der Waals surface area contributed by atoms with Gasteiger partial charge in [-0.2, -0.15) is 0 Å². The van der Waals surface area contributed by atoms with Crippen LogP contribution < -0.4 is 9.47 Å². The van der Waals surface area contributed by atoms with E-state index in [0.717, 1.165) is 14.7 Å². The number of methoxy groups -OCH3 is 2. The third kappa shape index (κ3) is 5.76. The fourth-order valence-corrected chi connectivity index (χ4v) is 2.84. The summed E-state index contributed by atoms with van der Waals surface area (Å²) in [5.74, 6) is 1.41. The molecule has 0 heterocycles. The number of carbonyl (C=O) groups is 2. The summed E-state index contributed by atoms with van der Waals surface area (Å²) in [6.07, 6.45) is 0. The van der Waals surface area contributed by atoms with Crippen LogP contribution in [0.25, 0.3) is 0 Å². The number of benzene rings is 2. The quantitative estimate of drug-likeness (QED) is 0.583. The summed E-state index contributed by atoms with van der Waals surface area (Å²) in [6.45, 7) is 3.05. The van der Waals surface area contributed by atoms with Crippen molar-refractivity contribution < 1.29 is 19.1 Å². The number of Topliss-reactive ketones (excluding diaryl/α,β-unsaturated/α-hetero) is 2. The first kappa shape index (κ1) is 20.4. The van der Waals surface area contributed by atoms with Gasteiger partial charge in [0, 0.05) is 14.5 Å². The zero-order valence-corrected chi connectivity index (χ0v) is 17.0. The molecule has 24 heavy (non-hydrogen) atoms. The van der Waals surface area contributed by atoms with Gasteiger partial charge in [-0.3, -0.25) is 9.59 Å². The smallest absolute Gasteiger partial charge is 0.163 e. The lowest BCUT2D eigenvalue weighted by molar-refractivity contribution is 0.100. The molecule has 0 amide bonds. The molecule has 2 rings (SSSR count). The van der Waals surface area contributed by atoms with Crippen LogP contribution >= 0.6 is 31.9 Å². The standard InChI is InChI=1S/2C9H9BrO2/c1-6(11)8-4-3-7(12-2)5-9(8)10;1-6(11)8-4-3-7(10)5-9(8)12-2/h2*3-5H,1-2H3. The summed E-state index contributed by atoms with van der Waals surface area (Å²) in [5, 5.41) is 0. The predicted octanol–water partition coefficient (Wildman–Crippen LogP) is 5.32. The molecule has 0 bridgehead atoms. The van der Waals surface area contributed by atoms with Gasteiger partial charge in [-0.25, -0.2) is 0 Å². The number of hydrogen-bond acceptors (Lipinski definition) is 4. The molecular weight excluding hydrogens is 440 g/mol. The Bertz CT molecular complexity index is 742. The number of carbonyl (C=O) groups excluding carboxylic acids is 2. The molecule has 0 atom stereocenters. The van der Waals surface area contributed by atoms with Crippen LogP contribution in [0.5, 0.6) is 11.5 Å². The fraction of sp³-hybridized carbons (Fsp3) is 0.222. The minimum atomic E-state index is 0.0133. The van der Waals surface area contributed by atoms with E-state index in [9.17, 15) is 9.59 Å². The van der Waals surface area contributed by atoms with E-state index in [1.165, 1.54) is 13.8 Å². The van der Waals surface area contributed by atoms with Crippen molar-refractivity contribution >= 4 is 43.4 Å². The first-order valence-electron chi connectivity index (χ1n) is 6.99. The second-order valence-corrected chi connectivity index (χ2v) is 6.57. The third-order valence-corrected chi connectivity index (χ3v) is 4.25. The number of hydrogen-bond donors (Lipinski definition) is 0. The van der Waals surface area contributed by atoms with E-state index in [1.807, 2.05) is 6.07 Å². The molecule has 0 fully saturated rings. The van der Waals surface area contributed by atoms with Crippen LogP contribution in [-0.4, -0.2) is 25.8 Å². The summed E-state index contributed by atoms with van der Waals surface area (Å²) >= 11 is 6.58. The highest BCUT2D eigenvalue weighted by molar-refractivity contribution is 9.10. The van der Waals surface area contributed by atoms with Gasteiger partial charge in [-0.15, -0.1) is 0 Å². The Balaban J connectivity index is 0.000000240. The Morgan fingerprint density at radius 1 is 0.833 bits per heavy atom. The molecule has 2 aromatic carbocycles. The average molecular weight is 458 g/mol. The van der Waals surface area contributed by atoms with Crippen molar-refractivity contribution in [1.29, 1.82) is 0 Å². The van der Waals surface area contributed by atoms with Gasteiger partial charge < -0.3 is 9.47 Å². The summed E-state index contributed by atoms with van der Waals surface area (Å²) in [6, 6.07) is 10.6. The lowest BCUT2D eigenvalue weighted by atomic mass is 10.1. The van der Waals surface area contributed by atoms with Crippen LogP contribution in [0.1, 0.15) is 34.6 Å². The monoisotopic (exact) mass is 456 g/mol. The van der Waals surface area contributed by atoms with Crippen molar-refractivity contribution in [2.75, 3.05) is 14.2 Å². The maximum Gasteiger partial charge on any atom is 0.163 e. The number of ether oxygens (including phenoxy) is 2. The van der Waals surface area contributed by atoms with Gasteiger partial charge in [-0.05, 0) is 66.2 Å².